The summed E-state index contributed by atoms with van der Waals surface area (Å²) in [6, 6.07) is 8.42. The van der Waals surface area contributed by atoms with E-state index in [0.717, 1.165) is 12.1 Å². The van der Waals surface area contributed by atoms with Crippen molar-refractivity contribution < 1.29 is 9.90 Å². The number of carboxylic acid groups (broad SMARTS) is 1. The Bertz CT molecular complexity index is 392. The monoisotopic (exact) mass is 281 g/mol. The summed E-state index contributed by atoms with van der Waals surface area (Å²) in [5, 5.41) is 8.73. The Morgan fingerprint density at radius 3 is 2.42 bits per heavy atom. The summed E-state index contributed by atoms with van der Waals surface area (Å²) < 4.78 is 0. The molecule has 1 unspecified atom stereocenters. The van der Waals surface area contributed by atoms with Crippen LogP contribution in [-0.4, -0.2) is 41.1 Å². The van der Waals surface area contributed by atoms with Crippen LogP contribution in [0.25, 0.3) is 0 Å². The Hall–Kier alpha value is -1.00. The van der Waals surface area contributed by atoms with Crippen LogP contribution < -0.4 is 0 Å². The van der Waals surface area contributed by atoms with E-state index in [1.54, 1.807) is 0 Å². The maximum Gasteiger partial charge on any atom is 0.307 e. The molecule has 0 aromatic heterocycles. The fraction of sp³-hybridized carbons (Fsp3) is 0.533. The number of carbonyl (C=O) groups is 1. The number of carboxylic acids is 1. The van der Waals surface area contributed by atoms with E-state index in [1.165, 1.54) is 17.7 Å². The summed E-state index contributed by atoms with van der Waals surface area (Å²) in [5.74, 6) is 0.402. The summed E-state index contributed by atoms with van der Waals surface area (Å²) in [6.07, 6.45) is 3.42. The van der Waals surface area contributed by atoms with Gasteiger partial charge in [0.05, 0.1) is 6.42 Å². The van der Waals surface area contributed by atoms with Crippen LogP contribution >= 0.6 is 11.8 Å². The SMILES string of the molecule is CSCCC(C)N(C)Cc1ccc(CC(=O)O)cc1. The van der Waals surface area contributed by atoms with Gasteiger partial charge in [0, 0.05) is 12.6 Å². The third kappa shape index (κ3) is 6.12. The fourth-order valence-corrected chi connectivity index (χ4v) is 2.47. The Balaban J connectivity index is 2.50. The number of aliphatic carboxylic acids is 1. The van der Waals surface area contributed by atoms with Gasteiger partial charge in [-0.15, -0.1) is 0 Å². The van der Waals surface area contributed by atoms with E-state index in [4.69, 9.17) is 5.11 Å². The van der Waals surface area contributed by atoms with Crippen LogP contribution in [0.15, 0.2) is 24.3 Å². The molecular formula is C15H23NO2S. The quantitative estimate of drug-likeness (QED) is 0.795. The van der Waals surface area contributed by atoms with Gasteiger partial charge in [-0.05, 0) is 43.5 Å². The lowest BCUT2D eigenvalue weighted by Gasteiger charge is -2.24. The molecule has 1 aromatic rings. The lowest BCUT2D eigenvalue weighted by molar-refractivity contribution is -0.136. The van der Waals surface area contributed by atoms with Gasteiger partial charge in [0.2, 0.25) is 0 Å². The maximum absolute atomic E-state index is 10.6. The van der Waals surface area contributed by atoms with Crippen molar-refractivity contribution in [3.63, 3.8) is 0 Å². The first-order valence-corrected chi connectivity index (χ1v) is 7.91. The largest absolute Gasteiger partial charge is 0.481 e. The molecule has 4 heteroatoms. The number of nitrogens with zero attached hydrogens (tertiary/aromatic N) is 1. The molecular weight excluding hydrogens is 258 g/mol. The minimum Gasteiger partial charge on any atom is -0.481 e. The molecule has 0 saturated heterocycles. The summed E-state index contributed by atoms with van der Waals surface area (Å²) in [5.41, 5.74) is 2.09. The first-order valence-electron chi connectivity index (χ1n) is 6.51. The number of benzene rings is 1. The molecule has 0 saturated carbocycles. The van der Waals surface area contributed by atoms with Gasteiger partial charge in [0.15, 0.2) is 0 Å². The van der Waals surface area contributed by atoms with E-state index < -0.39 is 5.97 Å². The topological polar surface area (TPSA) is 40.5 Å². The van der Waals surface area contributed by atoms with Gasteiger partial charge in [-0.25, -0.2) is 0 Å². The molecule has 0 spiro atoms. The van der Waals surface area contributed by atoms with Crippen LogP contribution in [0.1, 0.15) is 24.5 Å². The highest BCUT2D eigenvalue weighted by molar-refractivity contribution is 7.98. The summed E-state index contributed by atoms with van der Waals surface area (Å²) in [4.78, 5) is 12.9. The van der Waals surface area contributed by atoms with E-state index in [2.05, 4.69) is 25.1 Å². The van der Waals surface area contributed by atoms with Gasteiger partial charge in [-0.3, -0.25) is 9.69 Å². The lowest BCUT2D eigenvalue weighted by Crippen LogP contribution is -2.29. The molecule has 1 rings (SSSR count). The van der Waals surface area contributed by atoms with Crippen molar-refractivity contribution in [1.82, 2.24) is 4.90 Å². The van der Waals surface area contributed by atoms with Crippen LogP contribution in [0.4, 0.5) is 0 Å². The van der Waals surface area contributed by atoms with Crippen LogP contribution in [0.3, 0.4) is 0 Å². The minimum atomic E-state index is -0.782. The summed E-state index contributed by atoms with van der Waals surface area (Å²) in [6.45, 7) is 3.15. The van der Waals surface area contributed by atoms with Gasteiger partial charge >= 0.3 is 5.97 Å². The molecule has 1 N–H and O–H groups in total. The number of hydrogen-bond acceptors (Lipinski definition) is 3. The molecule has 0 amide bonds. The van der Waals surface area contributed by atoms with E-state index >= 15 is 0 Å². The minimum absolute atomic E-state index is 0.0975. The van der Waals surface area contributed by atoms with E-state index in [-0.39, 0.29) is 6.42 Å². The smallest absolute Gasteiger partial charge is 0.307 e. The molecule has 0 aliphatic heterocycles. The Kier molecular flexibility index (Phi) is 6.95. The average molecular weight is 281 g/mol. The lowest BCUT2D eigenvalue weighted by atomic mass is 10.1. The fourth-order valence-electron chi connectivity index (χ4n) is 1.89. The molecule has 1 aromatic carbocycles. The maximum atomic E-state index is 10.6. The number of thioether (sulfide) groups is 1. The zero-order valence-corrected chi connectivity index (χ0v) is 12.7. The Morgan fingerprint density at radius 1 is 1.32 bits per heavy atom. The summed E-state index contributed by atoms with van der Waals surface area (Å²) >= 11 is 1.88. The van der Waals surface area contributed by atoms with Gasteiger partial charge < -0.3 is 5.11 Å². The second kappa shape index (κ2) is 8.23. The molecule has 0 bridgehead atoms. The molecule has 0 aliphatic carbocycles. The zero-order valence-electron chi connectivity index (χ0n) is 11.9. The Labute approximate surface area is 120 Å². The van der Waals surface area contributed by atoms with Crippen molar-refractivity contribution in [1.29, 1.82) is 0 Å². The van der Waals surface area contributed by atoms with Crippen molar-refractivity contribution in [2.45, 2.75) is 32.4 Å². The molecule has 1 atom stereocenters. The van der Waals surface area contributed by atoms with Crippen molar-refractivity contribution in [2.75, 3.05) is 19.1 Å². The van der Waals surface area contributed by atoms with Crippen LogP contribution in [0.2, 0.25) is 0 Å². The van der Waals surface area contributed by atoms with Crippen molar-refractivity contribution in [3.8, 4) is 0 Å². The van der Waals surface area contributed by atoms with Crippen LogP contribution in [-0.2, 0) is 17.8 Å². The predicted octanol–water partition coefficient (Wildman–Crippen LogP) is 2.89. The van der Waals surface area contributed by atoms with Crippen LogP contribution in [0, 0.1) is 0 Å². The highest BCUT2D eigenvalue weighted by Gasteiger charge is 2.09. The Morgan fingerprint density at radius 2 is 1.89 bits per heavy atom. The second-order valence-electron chi connectivity index (χ2n) is 4.93. The molecule has 3 nitrogen and oxygen atoms in total. The van der Waals surface area contributed by atoms with Crippen molar-refractivity contribution in [3.05, 3.63) is 35.4 Å². The van der Waals surface area contributed by atoms with Crippen molar-refractivity contribution >= 4 is 17.7 Å². The van der Waals surface area contributed by atoms with Gasteiger partial charge in [0.1, 0.15) is 0 Å². The normalized spacial score (nSPS) is 12.6. The molecule has 0 heterocycles. The standard InChI is InChI=1S/C15H23NO2S/c1-12(8-9-19-3)16(2)11-14-6-4-13(5-7-14)10-15(17)18/h4-7,12H,8-11H2,1-3H3,(H,17,18). The predicted molar refractivity (Wildman–Crippen MR) is 81.7 cm³/mol. The van der Waals surface area contributed by atoms with Gasteiger partial charge in [-0.2, -0.15) is 11.8 Å². The second-order valence-corrected chi connectivity index (χ2v) is 5.92. The van der Waals surface area contributed by atoms with Gasteiger partial charge in [0.25, 0.3) is 0 Å². The van der Waals surface area contributed by atoms with E-state index in [9.17, 15) is 4.79 Å². The van der Waals surface area contributed by atoms with Crippen molar-refractivity contribution in [2.24, 2.45) is 0 Å². The summed E-state index contributed by atoms with van der Waals surface area (Å²) in [7, 11) is 2.14. The first kappa shape index (κ1) is 16.1. The molecule has 106 valence electrons. The third-order valence-corrected chi connectivity index (χ3v) is 3.95. The molecule has 0 aliphatic rings. The van der Waals surface area contributed by atoms with Crippen LogP contribution in [0.5, 0.6) is 0 Å². The van der Waals surface area contributed by atoms with E-state index in [1.807, 2.05) is 36.0 Å². The number of rotatable bonds is 8. The highest BCUT2D eigenvalue weighted by atomic mass is 32.2. The van der Waals surface area contributed by atoms with E-state index in [0.29, 0.717) is 6.04 Å². The van der Waals surface area contributed by atoms with Gasteiger partial charge in [-0.1, -0.05) is 24.3 Å². The molecule has 0 radical (unpaired) electrons. The zero-order chi connectivity index (χ0) is 14.3. The highest BCUT2D eigenvalue weighted by Crippen LogP contribution is 2.12. The third-order valence-electron chi connectivity index (χ3n) is 3.30. The first-order chi connectivity index (χ1) is 9.02. The molecule has 19 heavy (non-hydrogen) atoms. The number of hydrogen-bond donors (Lipinski definition) is 1. The molecule has 0 fully saturated rings. The average Bonchev–Trinajstić information content (AvgIpc) is 2.37.